The second kappa shape index (κ2) is 10.8. The number of hydrogen-bond donors (Lipinski definition) is 3. The predicted octanol–water partition coefficient (Wildman–Crippen LogP) is 2.43. The van der Waals surface area contributed by atoms with Crippen LogP contribution in [0, 0.1) is 13.8 Å². The van der Waals surface area contributed by atoms with Gasteiger partial charge in [-0.05, 0) is 73.1 Å². The zero-order valence-corrected chi connectivity index (χ0v) is 17.3. The summed E-state index contributed by atoms with van der Waals surface area (Å²) in [7, 11) is 1.58. The van der Waals surface area contributed by atoms with Gasteiger partial charge < -0.3 is 9.47 Å². The highest BCUT2D eigenvalue weighted by molar-refractivity contribution is 7.80. The van der Waals surface area contributed by atoms with Crippen LogP contribution in [-0.4, -0.2) is 30.6 Å². The van der Waals surface area contributed by atoms with Crippen LogP contribution in [0.25, 0.3) is 6.08 Å². The molecule has 0 atom stereocenters. The fourth-order valence-corrected chi connectivity index (χ4v) is 2.55. The van der Waals surface area contributed by atoms with Crippen LogP contribution in [0.5, 0.6) is 11.5 Å². The first kappa shape index (κ1) is 21.9. The number of hydrazine groups is 1. The number of carbonyl (C=O) groups excluding carboxylic acids is 2. The predicted molar refractivity (Wildman–Crippen MR) is 115 cm³/mol. The van der Waals surface area contributed by atoms with Crippen molar-refractivity contribution < 1.29 is 19.1 Å². The highest BCUT2D eigenvalue weighted by atomic mass is 32.1. The van der Waals surface area contributed by atoms with Crippen LogP contribution in [0.2, 0.25) is 0 Å². The molecule has 0 aliphatic rings. The number of benzene rings is 2. The average Bonchev–Trinajstić information content (AvgIpc) is 2.69. The number of aryl methyl sites for hydroxylation is 2. The molecule has 0 bridgehead atoms. The van der Waals surface area contributed by atoms with Crippen molar-refractivity contribution in [2.45, 2.75) is 13.8 Å². The summed E-state index contributed by atoms with van der Waals surface area (Å²) in [5.74, 6) is 0.472. The molecule has 2 rings (SSSR count). The summed E-state index contributed by atoms with van der Waals surface area (Å²) in [5.41, 5.74) is 7.74. The molecular weight excluding hydrogens is 390 g/mol. The maximum atomic E-state index is 11.9. The van der Waals surface area contributed by atoms with Crippen molar-refractivity contribution in [2.75, 3.05) is 13.7 Å². The zero-order valence-electron chi connectivity index (χ0n) is 16.4. The van der Waals surface area contributed by atoms with E-state index in [4.69, 9.17) is 21.7 Å². The van der Waals surface area contributed by atoms with Crippen molar-refractivity contribution in [3.63, 3.8) is 0 Å². The van der Waals surface area contributed by atoms with Gasteiger partial charge in [0.15, 0.2) is 11.7 Å². The molecule has 0 radical (unpaired) electrons. The first-order valence-corrected chi connectivity index (χ1v) is 9.19. The minimum Gasteiger partial charge on any atom is -0.497 e. The van der Waals surface area contributed by atoms with E-state index < -0.39 is 11.8 Å². The molecule has 0 saturated carbocycles. The lowest BCUT2D eigenvalue weighted by Gasteiger charge is -2.11. The van der Waals surface area contributed by atoms with Crippen LogP contribution in [0.3, 0.4) is 0 Å². The fourth-order valence-electron chi connectivity index (χ4n) is 2.40. The Morgan fingerprint density at radius 3 is 2.28 bits per heavy atom. The SMILES string of the molecule is COc1ccc(/C=C/C(=O)NC(=S)NNC(=O)COc2cc(C)cc(C)c2)cc1. The van der Waals surface area contributed by atoms with E-state index >= 15 is 0 Å². The van der Waals surface area contributed by atoms with Gasteiger partial charge in [-0.1, -0.05) is 18.2 Å². The largest absolute Gasteiger partial charge is 0.497 e. The van der Waals surface area contributed by atoms with Gasteiger partial charge in [0.05, 0.1) is 7.11 Å². The molecule has 8 heteroatoms. The van der Waals surface area contributed by atoms with E-state index in [1.165, 1.54) is 6.08 Å². The van der Waals surface area contributed by atoms with E-state index in [1.54, 1.807) is 25.3 Å². The van der Waals surface area contributed by atoms with Crippen LogP contribution >= 0.6 is 12.2 Å². The molecule has 7 nitrogen and oxygen atoms in total. The van der Waals surface area contributed by atoms with Gasteiger partial charge in [-0.15, -0.1) is 0 Å². The molecule has 2 aromatic rings. The van der Waals surface area contributed by atoms with Crippen molar-refractivity contribution in [3.8, 4) is 11.5 Å². The molecule has 0 spiro atoms. The molecule has 0 fully saturated rings. The van der Waals surface area contributed by atoms with Crippen molar-refractivity contribution in [3.05, 3.63) is 65.2 Å². The number of methoxy groups -OCH3 is 1. The van der Waals surface area contributed by atoms with E-state index in [0.29, 0.717) is 5.75 Å². The summed E-state index contributed by atoms with van der Waals surface area (Å²) in [6.07, 6.45) is 2.97. The van der Waals surface area contributed by atoms with Gasteiger partial charge in [-0.3, -0.25) is 25.8 Å². The third kappa shape index (κ3) is 8.02. The van der Waals surface area contributed by atoms with E-state index in [0.717, 1.165) is 22.4 Å². The second-order valence-corrected chi connectivity index (χ2v) is 6.62. The highest BCUT2D eigenvalue weighted by Crippen LogP contribution is 2.16. The Hall–Kier alpha value is -3.39. The number of amides is 2. The molecule has 3 N–H and O–H groups in total. The summed E-state index contributed by atoms with van der Waals surface area (Å²) in [6.45, 7) is 3.71. The number of nitrogens with one attached hydrogen (secondary N) is 3. The molecular formula is C21H23N3O4S. The van der Waals surface area contributed by atoms with Crippen molar-refractivity contribution in [2.24, 2.45) is 0 Å². The number of hydrogen-bond acceptors (Lipinski definition) is 5. The molecule has 152 valence electrons. The maximum absolute atomic E-state index is 11.9. The molecule has 0 unspecified atom stereocenters. The molecule has 29 heavy (non-hydrogen) atoms. The lowest BCUT2D eigenvalue weighted by Crippen LogP contribution is -2.49. The normalized spacial score (nSPS) is 10.3. The lowest BCUT2D eigenvalue weighted by molar-refractivity contribution is -0.123. The number of rotatable bonds is 6. The first-order chi connectivity index (χ1) is 13.9. The summed E-state index contributed by atoms with van der Waals surface area (Å²) >= 11 is 4.98. The number of carbonyl (C=O) groups is 2. The Balaban J connectivity index is 1.71. The Morgan fingerprint density at radius 2 is 1.66 bits per heavy atom. The van der Waals surface area contributed by atoms with Crippen LogP contribution in [0.4, 0.5) is 0 Å². The lowest BCUT2D eigenvalue weighted by atomic mass is 10.1. The summed E-state index contributed by atoms with van der Waals surface area (Å²) < 4.78 is 10.5. The van der Waals surface area contributed by atoms with Gasteiger partial charge >= 0.3 is 0 Å². The Kier molecular flexibility index (Phi) is 8.17. The maximum Gasteiger partial charge on any atom is 0.276 e. The molecule has 0 aliphatic heterocycles. The third-order valence-corrected chi connectivity index (χ3v) is 3.86. The number of thiocarbonyl (C=S) groups is 1. The Morgan fingerprint density at radius 1 is 1.00 bits per heavy atom. The van der Waals surface area contributed by atoms with Gasteiger partial charge in [-0.2, -0.15) is 0 Å². The first-order valence-electron chi connectivity index (χ1n) is 8.79. The quantitative estimate of drug-likeness (QED) is 0.383. The highest BCUT2D eigenvalue weighted by Gasteiger charge is 2.06. The smallest absolute Gasteiger partial charge is 0.276 e. The van der Waals surface area contributed by atoms with Crippen LogP contribution in [0.1, 0.15) is 16.7 Å². The minimum absolute atomic E-state index is 0.0332. The van der Waals surface area contributed by atoms with Gasteiger partial charge in [0, 0.05) is 6.08 Å². The van der Waals surface area contributed by atoms with Gasteiger partial charge in [0.25, 0.3) is 5.91 Å². The fraction of sp³-hybridized carbons (Fsp3) is 0.190. The monoisotopic (exact) mass is 413 g/mol. The van der Waals surface area contributed by atoms with E-state index in [2.05, 4.69) is 16.2 Å². The van der Waals surface area contributed by atoms with Gasteiger partial charge in [-0.25, -0.2) is 0 Å². The zero-order chi connectivity index (χ0) is 21.2. The van der Waals surface area contributed by atoms with Crippen LogP contribution < -0.4 is 25.6 Å². The summed E-state index contributed by atoms with van der Waals surface area (Å²) in [6, 6.07) is 12.9. The van der Waals surface area contributed by atoms with Crippen molar-refractivity contribution >= 4 is 35.2 Å². The topological polar surface area (TPSA) is 88.7 Å². The average molecular weight is 413 g/mol. The number of ether oxygens (including phenoxy) is 2. The van der Waals surface area contributed by atoms with Crippen LogP contribution in [0.15, 0.2) is 48.5 Å². The van der Waals surface area contributed by atoms with Gasteiger partial charge in [0.2, 0.25) is 5.91 Å². The summed E-state index contributed by atoms with van der Waals surface area (Å²) in [4.78, 5) is 23.7. The molecule has 0 heterocycles. The standard InChI is InChI=1S/C21H23N3O4S/c1-14-10-15(2)12-18(11-14)28-13-20(26)23-24-21(29)22-19(25)9-6-16-4-7-17(27-3)8-5-16/h4-12H,13H2,1-3H3,(H,23,26)(H2,22,24,25,29)/b9-6+. The molecule has 0 aromatic heterocycles. The van der Waals surface area contributed by atoms with E-state index in [1.807, 2.05) is 44.2 Å². The van der Waals surface area contributed by atoms with E-state index in [-0.39, 0.29) is 11.7 Å². The Bertz CT molecular complexity index is 890. The van der Waals surface area contributed by atoms with Crippen molar-refractivity contribution in [1.82, 2.24) is 16.2 Å². The molecule has 0 saturated heterocycles. The second-order valence-electron chi connectivity index (χ2n) is 6.21. The third-order valence-electron chi connectivity index (χ3n) is 3.66. The molecule has 2 amide bonds. The van der Waals surface area contributed by atoms with Gasteiger partial charge in [0.1, 0.15) is 11.5 Å². The van der Waals surface area contributed by atoms with Crippen molar-refractivity contribution in [1.29, 1.82) is 0 Å². The molecule has 2 aromatic carbocycles. The Labute approximate surface area is 175 Å². The van der Waals surface area contributed by atoms with Crippen LogP contribution in [-0.2, 0) is 9.59 Å². The van der Waals surface area contributed by atoms with E-state index in [9.17, 15) is 9.59 Å². The molecule has 0 aliphatic carbocycles. The summed E-state index contributed by atoms with van der Waals surface area (Å²) in [5, 5.41) is 2.40. The minimum atomic E-state index is -0.436.